The van der Waals surface area contributed by atoms with Crippen molar-refractivity contribution in [2.24, 2.45) is 0 Å². The lowest BCUT2D eigenvalue weighted by Gasteiger charge is -2.13. The van der Waals surface area contributed by atoms with Crippen molar-refractivity contribution in [3.05, 3.63) is 24.0 Å². The number of hydrogen-bond donors (Lipinski definition) is 0. The second-order valence-corrected chi connectivity index (χ2v) is 6.87. The molecule has 2 rings (SSSR count). The van der Waals surface area contributed by atoms with Gasteiger partial charge in [0, 0.05) is 31.4 Å². The molecule has 0 amide bonds. The molecule has 5 nitrogen and oxygen atoms in total. The van der Waals surface area contributed by atoms with Gasteiger partial charge in [-0.25, -0.2) is 8.42 Å². The predicted molar refractivity (Wildman–Crippen MR) is 71.9 cm³/mol. The van der Waals surface area contributed by atoms with Gasteiger partial charge in [-0.1, -0.05) is 0 Å². The largest absolute Gasteiger partial charge is 0.748 e. The Morgan fingerprint density at radius 2 is 2.11 bits per heavy atom. The van der Waals surface area contributed by atoms with E-state index in [9.17, 15) is 13.0 Å². The van der Waals surface area contributed by atoms with Crippen molar-refractivity contribution >= 4 is 21.5 Å². The molecule has 0 saturated heterocycles. The number of aromatic nitrogens is 1. The maximum Gasteiger partial charge on any atom is 0.228 e. The number of nitrogens with zero attached hydrogens (tertiary/aromatic N) is 2. The first-order chi connectivity index (χ1) is 8.73. The third-order valence-corrected chi connectivity index (χ3v) is 4.54. The minimum atomic E-state index is -4.14. The number of rotatable bonds is 4. The van der Waals surface area contributed by atoms with E-state index in [4.69, 9.17) is 0 Å². The summed E-state index contributed by atoms with van der Waals surface area (Å²) in [5.74, 6) is -0.327. The first-order valence-corrected chi connectivity index (χ1v) is 7.82. The smallest absolute Gasteiger partial charge is 0.228 e. The summed E-state index contributed by atoms with van der Waals surface area (Å²) in [6.07, 6.45) is 2.09. The molecule has 0 spiro atoms. The molecule has 0 aromatic carbocycles. The summed E-state index contributed by atoms with van der Waals surface area (Å²) in [7, 11) is -4.14. The normalized spacial score (nSPS) is 17.7. The highest BCUT2D eigenvalue weighted by molar-refractivity contribution is 7.85. The van der Waals surface area contributed by atoms with Crippen LogP contribution in [0.2, 0.25) is 0 Å². The predicted octanol–water partition coefficient (Wildman–Crippen LogP) is 1.41. The third-order valence-electron chi connectivity index (χ3n) is 3.75. The minimum absolute atomic E-state index is 0.160. The van der Waals surface area contributed by atoms with Crippen LogP contribution in [0.15, 0.2) is 18.3 Å². The van der Waals surface area contributed by atoms with E-state index < -0.39 is 10.1 Å². The molecule has 19 heavy (non-hydrogen) atoms. The van der Waals surface area contributed by atoms with Crippen molar-refractivity contribution in [2.45, 2.75) is 32.6 Å². The highest BCUT2D eigenvalue weighted by Crippen LogP contribution is 2.37. The molecule has 0 aliphatic carbocycles. The maximum atomic E-state index is 10.7. The van der Waals surface area contributed by atoms with E-state index in [1.165, 1.54) is 0 Å². The lowest BCUT2D eigenvalue weighted by molar-refractivity contribution is -0.438. The van der Waals surface area contributed by atoms with E-state index in [2.05, 4.69) is 23.4 Å². The molecular weight excluding hydrogens is 264 g/mol. The van der Waals surface area contributed by atoms with E-state index in [0.29, 0.717) is 13.0 Å². The Morgan fingerprint density at radius 3 is 2.74 bits per heavy atom. The molecule has 6 heteroatoms. The van der Waals surface area contributed by atoms with Crippen LogP contribution in [-0.2, 0) is 15.5 Å². The first kappa shape index (κ1) is 14.1. The fourth-order valence-corrected chi connectivity index (χ4v) is 2.96. The highest BCUT2D eigenvalue weighted by Gasteiger charge is 2.43. The van der Waals surface area contributed by atoms with Crippen molar-refractivity contribution in [2.75, 3.05) is 12.3 Å². The van der Waals surface area contributed by atoms with Crippen molar-refractivity contribution < 1.29 is 17.5 Å². The van der Waals surface area contributed by atoms with E-state index in [1.54, 1.807) is 6.20 Å². The van der Waals surface area contributed by atoms with Gasteiger partial charge in [0.05, 0.1) is 15.5 Å². The summed E-state index contributed by atoms with van der Waals surface area (Å²) < 4.78 is 34.1. The van der Waals surface area contributed by atoms with Crippen molar-refractivity contribution in [1.82, 2.24) is 4.98 Å². The van der Waals surface area contributed by atoms with Gasteiger partial charge in [-0.3, -0.25) is 4.98 Å². The Kier molecular flexibility index (Phi) is 3.49. The molecule has 1 aromatic rings. The molecule has 1 aliphatic rings. The second-order valence-electron chi connectivity index (χ2n) is 5.35. The molecule has 1 aromatic heterocycles. The van der Waals surface area contributed by atoms with Gasteiger partial charge >= 0.3 is 0 Å². The van der Waals surface area contributed by atoms with Crippen LogP contribution < -0.4 is 0 Å². The number of fused-ring (bicyclic) bond motifs is 1. The summed E-state index contributed by atoms with van der Waals surface area (Å²) in [4.78, 5) is 4.43. The van der Waals surface area contributed by atoms with Gasteiger partial charge in [0.15, 0.2) is 5.71 Å². The molecule has 0 saturated carbocycles. The van der Waals surface area contributed by atoms with Gasteiger partial charge in [0.25, 0.3) is 0 Å². The fourth-order valence-electron chi connectivity index (χ4n) is 2.47. The summed E-state index contributed by atoms with van der Waals surface area (Å²) in [5, 5.41) is 0. The SMILES string of the molecule is CC1=[N+](CCCS(=O)(=O)[O-])c2cccnc2C1(C)C. The average Bonchev–Trinajstić information content (AvgIpc) is 2.50. The Bertz CT molecular complexity index is 633. The second kappa shape index (κ2) is 4.68. The molecule has 0 atom stereocenters. The van der Waals surface area contributed by atoms with E-state index in [0.717, 1.165) is 17.1 Å². The van der Waals surface area contributed by atoms with E-state index >= 15 is 0 Å². The zero-order valence-corrected chi connectivity index (χ0v) is 12.2. The molecule has 0 fully saturated rings. The van der Waals surface area contributed by atoms with Crippen molar-refractivity contribution in [1.29, 1.82) is 0 Å². The zero-order valence-electron chi connectivity index (χ0n) is 11.4. The van der Waals surface area contributed by atoms with Crippen LogP contribution in [0.25, 0.3) is 0 Å². The summed E-state index contributed by atoms with van der Waals surface area (Å²) in [5.41, 5.74) is 2.97. The molecule has 0 radical (unpaired) electrons. The topological polar surface area (TPSA) is 73.1 Å². The van der Waals surface area contributed by atoms with E-state index in [1.807, 2.05) is 19.1 Å². The summed E-state index contributed by atoms with van der Waals surface area (Å²) in [6, 6.07) is 3.84. The van der Waals surface area contributed by atoms with Gasteiger partial charge in [-0.05, 0) is 19.9 Å². The molecule has 2 heterocycles. The van der Waals surface area contributed by atoms with Crippen LogP contribution in [0.1, 0.15) is 32.9 Å². The third kappa shape index (κ3) is 2.69. The first-order valence-electron chi connectivity index (χ1n) is 6.24. The van der Waals surface area contributed by atoms with Crippen LogP contribution in [0.3, 0.4) is 0 Å². The summed E-state index contributed by atoms with van der Waals surface area (Å²) >= 11 is 0. The Labute approximate surface area is 113 Å². The molecular formula is C13H18N2O3S. The standard InChI is InChI=1S/C13H18N2O3S/c1-10-13(2,3)12-11(6-4-7-14-12)15(10)8-5-9-19(16,17)18/h4,6-7H,5,8-9H2,1-3H3. The molecule has 0 N–H and O–H groups in total. The fraction of sp³-hybridized carbons (Fsp3) is 0.538. The van der Waals surface area contributed by atoms with Crippen LogP contribution in [0, 0.1) is 0 Å². The van der Waals surface area contributed by atoms with Gasteiger partial charge in [-0.15, -0.1) is 0 Å². The Balaban J connectivity index is 2.27. The van der Waals surface area contributed by atoms with Crippen molar-refractivity contribution in [3.63, 3.8) is 0 Å². The Morgan fingerprint density at radius 1 is 1.42 bits per heavy atom. The summed E-state index contributed by atoms with van der Waals surface area (Å²) in [6.45, 7) is 6.74. The van der Waals surface area contributed by atoms with Crippen LogP contribution in [0.4, 0.5) is 5.69 Å². The van der Waals surface area contributed by atoms with E-state index in [-0.39, 0.29) is 11.2 Å². The number of pyridine rings is 1. The van der Waals surface area contributed by atoms with Crippen molar-refractivity contribution in [3.8, 4) is 0 Å². The quantitative estimate of drug-likeness (QED) is 0.618. The van der Waals surface area contributed by atoms with Gasteiger partial charge in [-0.2, -0.15) is 4.58 Å². The lowest BCUT2D eigenvalue weighted by atomic mass is 9.86. The monoisotopic (exact) mass is 282 g/mol. The molecule has 104 valence electrons. The van der Waals surface area contributed by atoms with Gasteiger partial charge in [0.2, 0.25) is 5.69 Å². The maximum absolute atomic E-state index is 10.7. The van der Waals surface area contributed by atoms with Crippen LogP contribution in [0.5, 0.6) is 0 Å². The molecule has 0 unspecified atom stereocenters. The zero-order chi connectivity index (χ0) is 14.3. The van der Waals surface area contributed by atoms with Crippen LogP contribution in [-0.4, -0.2) is 40.5 Å². The van der Waals surface area contributed by atoms with Crippen LogP contribution >= 0.6 is 0 Å². The molecule has 1 aliphatic heterocycles. The minimum Gasteiger partial charge on any atom is -0.748 e. The average molecular weight is 282 g/mol. The molecule has 0 bridgehead atoms. The highest BCUT2D eigenvalue weighted by atomic mass is 32.2. The van der Waals surface area contributed by atoms with Gasteiger partial charge < -0.3 is 4.55 Å². The van der Waals surface area contributed by atoms with Gasteiger partial charge in [0.1, 0.15) is 12.2 Å². The number of hydrogen-bond acceptors (Lipinski definition) is 4. The lowest BCUT2D eigenvalue weighted by Crippen LogP contribution is -2.27. The Hall–Kier alpha value is -1.27.